The minimum absolute atomic E-state index is 0.0115. The van der Waals surface area contributed by atoms with Crippen LogP contribution in [-0.4, -0.2) is 47.2 Å². The van der Waals surface area contributed by atoms with Gasteiger partial charge in [-0.25, -0.2) is 4.79 Å². The van der Waals surface area contributed by atoms with Crippen molar-refractivity contribution in [3.05, 3.63) is 12.2 Å². The number of hydrogen-bond acceptors (Lipinski definition) is 5. The van der Waals surface area contributed by atoms with Gasteiger partial charge >= 0.3 is 5.97 Å². The molecule has 0 bridgehead atoms. The minimum atomic E-state index is -0.961. The molecule has 0 amide bonds. The predicted molar refractivity (Wildman–Crippen MR) is 58.7 cm³/mol. The van der Waals surface area contributed by atoms with E-state index in [9.17, 15) is 9.90 Å². The second-order valence-corrected chi connectivity index (χ2v) is 3.47. The van der Waals surface area contributed by atoms with E-state index in [2.05, 4.69) is 6.58 Å². The van der Waals surface area contributed by atoms with E-state index in [1.54, 1.807) is 0 Å². The molecular weight excluding hydrogens is 212 g/mol. The molecule has 5 nitrogen and oxygen atoms in total. The molecule has 0 fully saturated rings. The van der Waals surface area contributed by atoms with E-state index < -0.39 is 12.1 Å². The maximum atomic E-state index is 11.3. The third kappa shape index (κ3) is 6.55. The summed E-state index contributed by atoms with van der Waals surface area (Å²) in [5.41, 5.74) is 0.0115. The van der Waals surface area contributed by atoms with Crippen LogP contribution in [0.2, 0.25) is 0 Å². The number of aliphatic hydroxyl groups is 3. The van der Waals surface area contributed by atoms with Gasteiger partial charge in [0.25, 0.3) is 0 Å². The summed E-state index contributed by atoms with van der Waals surface area (Å²) in [7, 11) is 0. The molecule has 94 valence electrons. The molecule has 0 spiro atoms. The maximum absolute atomic E-state index is 11.3. The molecule has 0 aromatic heterocycles. The number of carbonyl (C=O) groups is 1. The van der Waals surface area contributed by atoms with Gasteiger partial charge in [0, 0.05) is 13.2 Å². The Morgan fingerprint density at radius 2 is 1.81 bits per heavy atom. The Morgan fingerprint density at radius 1 is 1.19 bits per heavy atom. The van der Waals surface area contributed by atoms with Crippen molar-refractivity contribution in [1.29, 1.82) is 0 Å². The molecular formula is C11H20O5. The number of carbonyl (C=O) groups excluding carboxylic acids is 1. The summed E-state index contributed by atoms with van der Waals surface area (Å²) in [5.74, 6) is -0.622. The van der Waals surface area contributed by atoms with Gasteiger partial charge in [0.1, 0.15) is 0 Å². The van der Waals surface area contributed by atoms with Gasteiger partial charge in [-0.05, 0) is 25.7 Å². The van der Waals surface area contributed by atoms with Gasteiger partial charge < -0.3 is 20.1 Å². The van der Waals surface area contributed by atoms with Gasteiger partial charge in [-0.1, -0.05) is 6.58 Å². The summed E-state index contributed by atoms with van der Waals surface area (Å²) in [6, 6.07) is 0. The topological polar surface area (TPSA) is 87.0 Å². The monoisotopic (exact) mass is 232 g/mol. The number of esters is 1. The van der Waals surface area contributed by atoms with Crippen LogP contribution in [0.4, 0.5) is 0 Å². The highest BCUT2D eigenvalue weighted by molar-refractivity contribution is 5.88. The highest BCUT2D eigenvalue weighted by Crippen LogP contribution is 2.08. The largest absolute Gasteiger partial charge is 0.462 e. The summed E-state index contributed by atoms with van der Waals surface area (Å²) in [5, 5.41) is 26.5. The Bertz CT molecular complexity index is 214. The molecule has 0 aliphatic carbocycles. The molecule has 0 aliphatic rings. The van der Waals surface area contributed by atoms with Crippen molar-refractivity contribution in [3.8, 4) is 0 Å². The first-order valence-corrected chi connectivity index (χ1v) is 5.39. The number of rotatable bonds is 9. The van der Waals surface area contributed by atoms with Crippen molar-refractivity contribution in [2.45, 2.75) is 31.8 Å². The molecule has 3 N–H and O–H groups in total. The zero-order valence-electron chi connectivity index (χ0n) is 9.39. The molecule has 0 saturated carbocycles. The third-order valence-corrected chi connectivity index (χ3v) is 2.09. The third-order valence-electron chi connectivity index (χ3n) is 2.09. The minimum Gasteiger partial charge on any atom is -0.462 e. The molecule has 16 heavy (non-hydrogen) atoms. The lowest BCUT2D eigenvalue weighted by molar-refractivity contribution is -0.140. The lowest BCUT2D eigenvalue weighted by Crippen LogP contribution is -2.20. The number of ether oxygens (including phenoxy) is 1. The number of aliphatic hydroxyl groups excluding tert-OH is 3. The van der Waals surface area contributed by atoms with Crippen LogP contribution in [0.25, 0.3) is 0 Å². The zero-order valence-corrected chi connectivity index (χ0v) is 9.39. The van der Waals surface area contributed by atoms with E-state index >= 15 is 0 Å². The van der Waals surface area contributed by atoms with Gasteiger partial charge in [-0.3, -0.25) is 0 Å². The first kappa shape index (κ1) is 15.1. The number of hydrogen-bond donors (Lipinski definition) is 3. The first-order valence-electron chi connectivity index (χ1n) is 5.39. The van der Waals surface area contributed by atoms with Crippen LogP contribution in [0.3, 0.4) is 0 Å². The molecule has 0 aromatic rings. The van der Waals surface area contributed by atoms with Gasteiger partial charge in [0.05, 0.1) is 18.3 Å². The SMILES string of the molecule is C=C(C(=O)OCCCCO)C(O)CCCO. The highest BCUT2D eigenvalue weighted by atomic mass is 16.5. The van der Waals surface area contributed by atoms with E-state index in [-0.39, 0.29) is 25.4 Å². The fraction of sp³-hybridized carbons (Fsp3) is 0.727. The van der Waals surface area contributed by atoms with Crippen molar-refractivity contribution >= 4 is 5.97 Å². The molecule has 0 rings (SSSR count). The summed E-state index contributed by atoms with van der Waals surface area (Å²) in [6.45, 7) is 3.70. The zero-order chi connectivity index (χ0) is 12.4. The van der Waals surface area contributed by atoms with E-state index in [1.807, 2.05) is 0 Å². The van der Waals surface area contributed by atoms with Crippen molar-refractivity contribution < 1.29 is 24.9 Å². The van der Waals surface area contributed by atoms with Crippen LogP contribution in [-0.2, 0) is 9.53 Å². The normalized spacial score (nSPS) is 12.2. The van der Waals surface area contributed by atoms with Gasteiger partial charge in [0.2, 0.25) is 0 Å². The fourth-order valence-electron chi connectivity index (χ4n) is 1.07. The lowest BCUT2D eigenvalue weighted by atomic mass is 10.1. The van der Waals surface area contributed by atoms with Crippen LogP contribution in [0.15, 0.2) is 12.2 Å². The Kier molecular flexibility index (Phi) is 8.80. The Morgan fingerprint density at radius 3 is 2.38 bits per heavy atom. The van der Waals surface area contributed by atoms with Crippen molar-refractivity contribution in [1.82, 2.24) is 0 Å². The van der Waals surface area contributed by atoms with Crippen LogP contribution >= 0.6 is 0 Å². The summed E-state index contributed by atoms with van der Waals surface area (Å²) >= 11 is 0. The van der Waals surface area contributed by atoms with Crippen LogP contribution in [0.5, 0.6) is 0 Å². The van der Waals surface area contributed by atoms with Gasteiger partial charge in [-0.15, -0.1) is 0 Å². The molecule has 0 heterocycles. The second kappa shape index (κ2) is 9.33. The lowest BCUT2D eigenvalue weighted by Gasteiger charge is -2.12. The molecule has 5 heteroatoms. The standard InChI is InChI=1S/C11H20O5/c1-9(10(14)5-4-7-13)11(15)16-8-3-2-6-12/h10,12-14H,1-8H2. The number of unbranched alkanes of at least 4 members (excludes halogenated alkanes) is 1. The average molecular weight is 232 g/mol. The quantitative estimate of drug-likeness (QED) is 0.296. The molecule has 1 unspecified atom stereocenters. The summed E-state index contributed by atoms with van der Waals surface area (Å²) < 4.78 is 4.83. The highest BCUT2D eigenvalue weighted by Gasteiger charge is 2.17. The molecule has 0 aromatic carbocycles. The second-order valence-electron chi connectivity index (χ2n) is 3.47. The van der Waals surface area contributed by atoms with Gasteiger partial charge in [-0.2, -0.15) is 0 Å². The van der Waals surface area contributed by atoms with Crippen molar-refractivity contribution in [3.63, 3.8) is 0 Å². The predicted octanol–water partition coefficient (Wildman–Crippen LogP) is -0.00830. The Hall–Kier alpha value is -0.910. The molecule has 1 atom stereocenters. The summed E-state index contributed by atoms with van der Waals surface area (Å²) in [6.07, 6.45) is 0.909. The Labute approximate surface area is 95.4 Å². The van der Waals surface area contributed by atoms with E-state index in [0.29, 0.717) is 25.7 Å². The van der Waals surface area contributed by atoms with E-state index in [1.165, 1.54) is 0 Å². The Balaban J connectivity index is 3.75. The molecule has 0 saturated heterocycles. The van der Waals surface area contributed by atoms with Gasteiger partial charge in [0.15, 0.2) is 0 Å². The molecule has 0 radical (unpaired) electrons. The average Bonchev–Trinajstić information content (AvgIpc) is 2.30. The van der Waals surface area contributed by atoms with E-state index in [4.69, 9.17) is 14.9 Å². The van der Waals surface area contributed by atoms with E-state index in [0.717, 1.165) is 0 Å². The van der Waals surface area contributed by atoms with Crippen molar-refractivity contribution in [2.24, 2.45) is 0 Å². The van der Waals surface area contributed by atoms with Crippen LogP contribution in [0.1, 0.15) is 25.7 Å². The van der Waals surface area contributed by atoms with Crippen LogP contribution in [0, 0.1) is 0 Å². The fourth-order valence-corrected chi connectivity index (χ4v) is 1.07. The van der Waals surface area contributed by atoms with Crippen LogP contribution < -0.4 is 0 Å². The maximum Gasteiger partial charge on any atom is 0.336 e. The summed E-state index contributed by atoms with van der Waals surface area (Å²) in [4.78, 5) is 11.3. The molecule has 0 aliphatic heterocycles. The first-order chi connectivity index (χ1) is 7.63. The van der Waals surface area contributed by atoms with Crippen molar-refractivity contribution in [2.75, 3.05) is 19.8 Å². The smallest absolute Gasteiger partial charge is 0.336 e.